The van der Waals surface area contributed by atoms with E-state index in [4.69, 9.17) is 4.74 Å². The van der Waals surface area contributed by atoms with E-state index < -0.39 is 0 Å². The van der Waals surface area contributed by atoms with Gasteiger partial charge in [-0.2, -0.15) is 0 Å². The van der Waals surface area contributed by atoms with E-state index in [0.29, 0.717) is 6.54 Å². The summed E-state index contributed by atoms with van der Waals surface area (Å²) < 4.78 is 5.28. The minimum Gasteiger partial charge on any atom is -0.497 e. The molecule has 2 aromatic rings. The lowest BCUT2D eigenvalue weighted by atomic mass is 10.0. The van der Waals surface area contributed by atoms with Crippen LogP contribution in [0.4, 0.5) is 5.69 Å². The van der Waals surface area contributed by atoms with Crippen molar-refractivity contribution in [2.45, 2.75) is 38.6 Å². The molecule has 1 saturated carbocycles. The Kier molecular flexibility index (Phi) is 4.84. The molecule has 1 atom stereocenters. The van der Waals surface area contributed by atoms with Crippen molar-refractivity contribution in [3.63, 3.8) is 0 Å². The normalized spacial score (nSPS) is 19.9. The number of carbonyl (C=O) groups is 2. The molecule has 0 unspecified atom stereocenters. The van der Waals surface area contributed by atoms with Crippen molar-refractivity contribution in [1.29, 1.82) is 0 Å². The third kappa shape index (κ3) is 3.61. The average Bonchev–Trinajstić information content (AvgIpc) is 3.28. The van der Waals surface area contributed by atoms with E-state index in [9.17, 15) is 9.59 Å². The van der Waals surface area contributed by atoms with E-state index in [2.05, 4.69) is 5.32 Å². The number of carbonyl (C=O) groups excluding carboxylic acids is 2. The Labute approximate surface area is 165 Å². The van der Waals surface area contributed by atoms with Crippen LogP contribution in [-0.2, 0) is 9.59 Å². The van der Waals surface area contributed by atoms with E-state index in [1.807, 2.05) is 55.5 Å². The van der Waals surface area contributed by atoms with Gasteiger partial charge in [0.05, 0.1) is 7.11 Å². The molecule has 2 amide bonds. The summed E-state index contributed by atoms with van der Waals surface area (Å²) in [5, 5.41) is 2.98. The van der Waals surface area contributed by atoms with Crippen LogP contribution in [0.15, 0.2) is 48.5 Å². The van der Waals surface area contributed by atoms with Crippen molar-refractivity contribution in [2.75, 3.05) is 19.0 Å². The molecule has 5 nitrogen and oxygen atoms in total. The first-order valence-corrected chi connectivity index (χ1v) is 9.87. The number of rotatable bonds is 5. The number of ether oxygens (including phenoxy) is 1. The molecule has 1 aliphatic heterocycles. The maximum Gasteiger partial charge on any atom is 0.247 e. The number of nitrogens with one attached hydrogen (secondary N) is 1. The molecule has 1 aliphatic carbocycles. The summed E-state index contributed by atoms with van der Waals surface area (Å²) in [5.41, 5.74) is 2.62. The van der Waals surface area contributed by atoms with Crippen LogP contribution in [0.3, 0.4) is 0 Å². The quantitative estimate of drug-likeness (QED) is 0.852. The molecule has 4 rings (SSSR count). The molecule has 1 N–H and O–H groups in total. The Hall–Kier alpha value is -2.82. The fourth-order valence-corrected chi connectivity index (χ4v) is 3.80. The summed E-state index contributed by atoms with van der Waals surface area (Å²) in [6.07, 6.45) is 3.48. The Bertz CT molecular complexity index is 887. The van der Waals surface area contributed by atoms with Gasteiger partial charge in [-0.1, -0.05) is 31.2 Å². The van der Waals surface area contributed by atoms with Gasteiger partial charge in [-0.3, -0.25) is 9.59 Å². The van der Waals surface area contributed by atoms with Gasteiger partial charge in [0.15, 0.2) is 0 Å². The zero-order valence-electron chi connectivity index (χ0n) is 16.4. The Morgan fingerprint density at radius 3 is 2.54 bits per heavy atom. The highest BCUT2D eigenvalue weighted by molar-refractivity contribution is 5.98. The van der Waals surface area contributed by atoms with E-state index in [1.54, 1.807) is 12.0 Å². The maximum atomic E-state index is 12.8. The first kappa shape index (κ1) is 18.5. The predicted molar refractivity (Wildman–Crippen MR) is 109 cm³/mol. The number of likely N-dealkylation sites (tertiary alicyclic amines) is 1. The summed E-state index contributed by atoms with van der Waals surface area (Å²) >= 11 is 0. The largest absolute Gasteiger partial charge is 0.497 e. The standard InChI is InChI=1S/C23H26N2O3/c1-23(12-13-23)22(27)25-14-4-7-20(25)21(26)24-18-10-8-16(9-11-18)17-5-3-6-19(15-17)28-2/h3,5-6,8-11,15,20H,4,7,12-14H2,1-2H3,(H,24,26)/t20-/m1/s1. The van der Waals surface area contributed by atoms with E-state index in [0.717, 1.165) is 48.2 Å². The van der Waals surface area contributed by atoms with Gasteiger partial charge in [-0.15, -0.1) is 0 Å². The summed E-state index contributed by atoms with van der Waals surface area (Å²) in [6.45, 7) is 2.68. The number of methoxy groups -OCH3 is 1. The number of hydrogen-bond acceptors (Lipinski definition) is 3. The van der Waals surface area contributed by atoms with Gasteiger partial charge in [0.2, 0.25) is 11.8 Å². The van der Waals surface area contributed by atoms with Crippen molar-refractivity contribution in [1.82, 2.24) is 4.90 Å². The molecule has 2 fully saturated rings. The molecule has 146 valence electrons. The highest BCUT2D eigenvalue weighted by Crippen LogP contribution is 2.47. The number of anilines is 1. The van der Waals surface area contributed by atoms with Crippen molar-refractivity contribution in [2.24, 2.45) is 5.41 Å². The van der Waals surface area contributed by atoms with E-state index in [1.165, 1.54) is 0 Å². The number of hydrogen-bond donors (Lipinski definition) is 1. The van der Waals surface area contributed by atoms with Gasteiger partial charge in [0.25, 0.3) is 0 Å². The third-order valence-corrected chi connectivity index (χ3v) is 5.89. The average molecular weight is 378 g/mol. The zero-order chi connectivity index (χ0) is 19.7. The highest BCUT2D eigenvalue weighted by Gasteiger charge is 2.50. The number of benzene rings is 2. The lowest BCUT2D eigenvalue weighted by Gasteiger charge is -2.26. The summed E-state index contributed by atoms with van der Waals surface area (Å²) in [6, 6.07) is 15.3. The fourth-order valence-electron chi connectivity index (χ4n) is 3.80. The monoisotopic (exact) mass is 378 g/mol. The molecule has 2 aromatic carbocycles. The molecule has 5 heteroatoms. The SMILES string of the molecule is COc1cccc(-c2ccc(NC(=O)[C@H]3CCCN3C(=O)C3(C)CC3)cc2)c1. The zero-order valence-corrected chi connectivity index (χ0v) is 16.4. The second-order valence-electron chi connectivity index (χ2n) is 8.02. The van der Waals surface area contributed by atoms with Crippen LogP contribution in [0, 0.1) is 5.41 Å². The van der Waals surface area contributed by atoms with E-state index in [-0.39, 0.29) is 23.3 Å². The van der Waals surface area contributed by atoms with Crippen LogP contribution in [0.2, 0.25) is 0 Å². The molecule has 1 heterocycles. The first-order valence-electron chi connectivity index (χ1n) is 9.87. The van der Waals surface area contributed by atoms with Crippen LogP contribution in [0.25, 0.3) is 11.1 Å². The minimum atomic E-state index is -0.358. The lowest BCUT2D eigenvalue weighted by Crippen LogP contribution is -2.45. The van der Waals surface area contributed by atoms with Crippen LogP contribution in [0.1, 0.15) is 32.6 Å². The Balaban J connectivity index is 1.43. The van der Waals surface area contributed by atoms with Gasteiger partial charge in [-0.05, 0) is 61.1 Å². The van der Waals surface area contributed by atoms with Crippen molar-refractivity contribution < 1.29 is 14.3 Å². The van der Waals surface area contributed by atoms with Gasteiger partial charge in [0, 0.05) is 17.6 Å². The van der Waals surface area contributed by atoms with Gasteiger partial charge in [0.1, 0.15) is 11.8 Å². The topological polar surface area (TPSA) is 58.6 Å². The van der Waals surface area contributed by atoms with Crippen LogP contribution in [-0.4, -0.2) is 36.4 Å². The fraction of sp³-hybridized carbons (Fsp3) is 0.391. The summed E-state index contributed by atoms with van der Waals surface area (Å²) in [7, 11) is 1.65. The smallest absolute Gasteiger partial charge is 0.247 e. The van der Waals surface area contributed by atoms with Gasteiger partial charge in [-0.25, -0.2) is 0 Å². The third-order valence-electron chi connectivity index (χ3n) is 5.89. The maximum absolute atomic E-state index is 12.8. The molecule has 0 radical (unpaired) electrons. The molecular weight excluding hydrogens is 352 g/mol. The highest BCUT2D eigenvalue weighted by atomic mass is 16.5. The second kappa shape index (κ2) is 7.30. The number of nitrogens with zero attached hydrogens (tertiary/aromatic N) is 1. The molecule has 0 aromatic heterocycles. The Morgan fingerprint density at radius 1 is 1.11 bits per heavy atom. The van der Waals surface area contributed by atoms with Crippen molar-refractivity contribution >= 4 is 17.5 Å². The molecule has 2 aliphatic rings. The second-order valence-corrected chi connectivity index (χ2v) is 8.02. The number of amides is 2. The first-order chi connectivity index (χ1) is 13.5. The van der Waals surface area contributed by atoms with Crippen LogP contribution < -0.4 is 10.1 Å². The lowest BCUT2D eigenvalue weighted by molar-refractivity contribution is -0.140. The van der Waals surface area contributed by atoms with Crippen molar-refractivity contribution in [3.05, 3.63) is 48.5 Å². The minimum absolute atomic E-state index is 0.0933. The summed E-state index contributed by atoms with van der Waals surface area (Å²) in [5.74, 6) is 0.855. The summed E-state index contributed by atoms with van der Waals surface area (Å²) in [4.78, 5) is 27.3. The predicted octanol–water partition coefficient (Wildman–Crippen LogP) is 4.09. The molecular formula is C23H26N2O3. The van der Waals surface area contributed by atoms with Crippen LogP contribution >= 0.6 is 0 Å². The van der Waals surface area contributed by atoms with Gasteiger partial charge >= 0.3 is 0 Å². The Morgan fingerprint density at radius 2 is 1.86 bits per heavy atom. The molecule has 0 spiro atoms. The molecule has 0 bridgehead atoms. The van der Waals surface area contributed by atoms with Gasteiger partial charge < -0.3 is 15.0 Å². The van der Waals surface area contributed by atoms with E-state index >= 15 is 0 Å². The van der Waals surface area contributed by atoms with Crippen molar-refractivity contribution in [3.8, 4) is 16.9 Å². The molecule has 1 saturated heterocycles. The molecule has 28 heavy (non-hydrogen) atoms. The van der Waals surface area contributed by atoms with Crippen LogP contribution in [0.5, 0.6) is 5.75 Å².